The number of unbranched alkanes of at least 4 members (excludes halogenated alkanes) is 1. The molecule has 1 aliphatic rings. The molecule has 0 unspecified atom stereocenters. The molecule has 0 radical (unpaired) electrons. The van der Waals surface area contributed by atoms with E-state index in [9.17, 15) is 20.1 Å². The van der Waals surface area contributed by atoms with E-state index in [0.29, 0.717) is 37.1 Å². The molecule has 0 saturated heterocycles. The van der Waals surface area contributed by atoms with Gasteiger partial charge in [0.2, 0.25) is 0 Å². The number of rotatable bonds is 11. The van der Waals surface area contributed by atoms with E-state index in [-0.39, 0.29) is 83.9 Å². The van der Waals surface area contributed by atoms with Gasteiger partial charge in [0.15, 0.2) is 0 Å². The van der Waals surface area contributed by atoms with Crippen molar-refractivity contribution >= 4 is 65.1 Å². The van der Waals surface area contributed by atoms with E-state index in [0.717, 1.165) is 25.0 Å². The monoisotopic (exact) mass is 477 g/mol. The zero-order valence-electron chi connectivity index (χ0n) is 17.6. The summed E-state index contributed by atoms with van der Waals surface area (Å²) in [6, 6.07) is 11.1. The minimum atomic E-state index is -0.781. The van der Waals surface area contributed by atoms with Gasteiger partial charge in [-0.25, -0.2) is 0 Å². The average Bonchev–Trinajstić information content (AvgIpc) is 2.77. The number of carboxylic acids is 1. The van der Waals surface area contributed by atoms with Crippen molar-refractivity contribution in [3.63, 3.8) is 0 Å². The number of carboxylic acid groups (broad SMARTS) is 1. The summed E-state index contributed by atoms with van der Waals surface area (Å²) in [5.41, 5.74) is 3.60. The molecule has 33 heavy (non-hydrogen) atoms. The van der Waals surface area contributed by atoms with Crippen molar-refractivity contribution in [3.8, 4) is 11.5 Å². The number of aliphatic carboxylic acids is 1. The SMILES string of the molecule is O=C(O)CCCCOc1ccc2c(c1)C[C@@H](NC[C@@H](O)c1ccc(O)c(CO)c1)CC2.[NaH].[NaH]. The van der Waals surface area contributed by atoms with Crippen molar-refractivity contribution in [1.82, 2.24) is 5.32 Å². The number of aryl methyl sites for hydroxylation is 1. The number of hydrogen-bond donors (Lipinski definition) is 5. The van der Waals surface area contributed by atoms with Gasteiger partial charge in [0, 0.05) is 24.6 Å². The molecule has 2 atom stereocenters. The number of carbonyl (C=O) groups is 1. The van der Waals surface area contributed by atoms with Crippen molar-refractivity contribution in [1.29, 1.82) is 0 Å². The third-order valence-electron chi connectivity index (χ3n) is 5.72. The Labute approximate surface area is 239 Å². The fourth-order valence-corrected chi connectivity index (χ4v) is 3.90. The van der Waals surface area contributed by atoms with E-state index in [1.807, 2.05) is 6.07 Å². The minimum absolute atomic E-state index is 0. The summed E-state index contributed by atoms with van der Waals surface area (Å²) in [6.07, 6.45) is 3.53. The van der Waals surface area contributed by atoms with Crippen LogP contribution in [-0.4, -0.2) is 105 Å². The molecular weight excluding hydrogens is 444 g/mol. The molecule has 9 heteroatoms. The predicted octanol–water partition coefficient (Wildman–Crippen LogP) is 1.40. The van der Waals surface area contributed by atoms with Crippen LogP contribution < -0.4 is 10.1 Å². The van der Waals surface area contributed by atoms with Crippen LogP contribution in [-0.2, 0) is 24.2 Å². The summed E-state index contributed by atoms with van der Waals surface area (Å²) in [6.45, 7) is 0.612. The van der Waals surface area contributed by atoms with Gasteiger partial charge < -0.3 is 30.5 Å². The van der Waals surface area contributed by atoms with Crippen LogP contribution in [0.1, 0.15) is 54.0 Å². The molecule has 0 bridgehead atoms. The van der Waals surface area contributed by atoms with Gasteiger partial charge in [-0.1, -0.05) is 12.1 Å². The molecule has 0 saturated carbocycles. The van der Waals surface area contributed by atoms with E-state index < -0.39 is 12.1 Å². The number of fused-ring (bicyclic) bond motifs is 1. The van der Waals surface area contributed by atoms with Crippen molar-refractivity contribution in [2.24, 2.45) is 0 Å². The Balaban J connectivity index is 0.00000272. The summed E-state index contributed by atoms with van der Waals surface area (Å²) in [5, 5.41) is 41.6. The number of aromatic hydroxyl groups is 1. The van der Waals surface area contributed by atoms with E-state index >= 15 is 0 Å². The third-order valence-corrected chi connectivity index (χ3v) is 5.72. The number of ether oxygens (including phenoxy) is 1. The molecule has 0 aliphatic heterocycles. The van der Waals surface area contributed by atoms with Gasteiger partial charge in [-0.05, 0) is 73.1 Å². The van der Waals surface area contributed by atoms with Crippen LogP contribution in [0.4, 0.5) is 0 Å². The molecule has 3 rings (SSSR count). The van der Waals surface area contributed by atoms with Gasteiger partial charge in [-0.2, -0.15) is 0 Å². The number of nitrogens with one attached hydrogen (secondary N) is 1. The molecular formula is C24H33NNa2O6. The van der Waals surface area contributed by atoms with Crippen LogP contribution in [0.2, 0.25) is 0 Å². The number of benzene rings is 2. The quantitative estimate of drug-likeness (QED) is 0.245. The fraction of sp³-hybridized carbons (Fsp3) is 0.458. The van der Waals surface area contributed by atoms with Crippen molar-refractivity contribution in [2.45, 2.75) is 57.3 Å². The van der Waals surface area contributed by atoms with Crippen molar-refractivity contribution < 1.29 is 30.0 Å². The normalized spacial score (nSPS) is 15.5. The second-order valence-electron chi connectivity index (χ2n) is 8.04. The number of aliphatic hydroxyl groups excluding tert-OH is 2. The van der Waals surface area contributed by atoms with Gasteiger partial charge in [0.25, 0.3) is 0 Å². The Morgan fingerprint density at radius 2 is 1.91 bits per heavy atom. The third kappa shape index (κ3) is 9.51. The Morgan fingerprint density at radius 3 is 2.64 bits per heavy atom. The Bertz CT molecular complexity index is 895. The van der Waals surface area contributed by atoms with Crippen LogP contribution in [0.15, 0.2) is 36.4 Å². The average molecular weight is 478 g/mol. The first-order valence-corrected chi connectivity index (χ1v) is 10.8. The van der Waals surface area contributed by atoms with Gasteiger partial charge in [-0.15, -0.1) is 0 Å². The second-order valence-corrected chi connectivity index (χ2v) is 8.04. The summed E-state index contributed by atoms with van der Waals surface area (Å²) >= 11 is 0. The van der Waals surface area contributed by atoms with Crippen LogP contribution in [0.3, 0.4) is 0 Å². The van der Waals surface area contributed by atoms with E-state index in [1.165, 1.54) is 17.2 Å². The Hall–Kier alpha value is -0.610. The molecule has 0 spiro atoms. The molecule has 0 aromatic heterocycles. The van der Waals surface area contributed by atoms with Gasteiger partial charge in [0.05, 0.1) is 19.3 Å². The summed E-state index contributed by atoms with van der Waals surface area (Å²) < 4.78 is 5.78. The molecule has 2 aromatic carbocycles. The van der Waals surface area contributed by atoms with Gasteiger partial charge in [0.1, 0.15) is 11.5 Å². The van der Waals surface area contributed by atoms with E-state index in [4.69, 9.17) is 9.84 Å². The topological polar surface area (TPSA) is 119 Å². The van der Waals surface area contributed by atoms with Crippen molar-refractivity contribution in [3.05, 3.63) is 58.7 Å². The Kier molecular flexibility index (Phi) is 14.2. The molecule has 5 N–H and O–H groups in total. The first kappa shape index (κ1) is 30.4. The molecule has 0 fully saturated rings. The maximum absolute atomic E-state index is 10.6. The number of aliphatic hydroxyl groups is 2. The molecule has 1 aliphatic carbocycles. The maximum atomic E-state index is 10.6. The van der Waals surface area contributed by atoms with Crippen LogP contribution in [0.25, 0.3) is 0 Å². The predicted molar refractivity (Wildman–Crippen MR) is 131 cm³/mol. The van der Waals surface area contributed by atoms with Gasteiger partial charge in [-0.3, -0.25) is 4.79 Å². The van der Waals surface area contributed by atoms with E-state index in [1.54, 1.807) is 12.1 Å². The standard InChI is InChI=1S/C24H31NO6.2Na.2H/c26-15-19-11-17(6-9-22(19)27)23(28)14-25-20-7-4-16-5-8-21(13-18(16)12-20)31-10-2-1-3-24(29)30;;;;/h5-6,8-9,11,13,20,23,25-28H,1-4,7,10,12,14-15H2,(H,29,30);;;;/t20-,23+;;;;/m0..../s1. The number of phenols is 1. The summed E-state index contributed by atoms with van der Waals surface area (Å²) in [7, 11) is 0. The molecule has 172 valence electrons. The number of hydrogen-bond acceptors (Lipinski definition) is 6. The molecule has 0 amide bonds. The summed E-state index contributed by atoms with van der Waals surface area (Å²) in [5.74, 6) is 0.0438. The Morgan fingerprint density at radius 1 is 1.12 bits per heavy atom. The van der Waals surface area contributed by atoms with Gasteiger partial charge >= 0.3 is 65.1 Å². The first-order valence-electron chi connectivity index (χ1n) is 10.8. The molecule has 2 aromatic rings. The van der Waals surface area contributed by atoms with E-state index in [2.05, 4.69) is 17.4 Å². The second kappa shape index (κ2) is 15.4. The van der Waals surface area contributed by atoms with Crippen LogP contribution in [0.5, 0.6) is 11.5 Å². The zero-order chi connectivity index (χ0) is 22.2. The molecule has 7 nitrogen and oxygen atoms in total. The fourth-order valence-electron chi connectivity index (χ4n) is 3.90. The van der Waals surface area contributed by atoms with Crippen molar-refractivity contribution in [2.75, 3.05) is 13.2 Å². The first-order chi connectivity index (χ1) is 15.0. The van der Waals surface area contributed by atoms with Crippen LogP contribution in [0, 0.1) is 0 Å². The van der Waals surface area contributed by atoms with Crippen LogP contribution >= 0.6 is 0 Å². The summed E-state index contributed by atoms with van der Waals surface area (Å²) in [4.78, 5) is 10.6. The molecule has 0 heterocycles. The zero-order valence-corrected chi connectivity index (χ0v) is 17.6.